The number of pyridine rings is 1. The Kier molecular flexibility index (Phi) is 4.79. The minimum Gasteiger partial charge on any atom is -0.350 e. The Hall–Kier alpha value is -2.52. The van der Waals surface area contributed by atoms with Crippen molar-refractivity contribution >= 4 is 38.9 Å². The number of carbonyl (C=O) groups is 1. The van der Waals surface area contributed by atoms with Crippen molar-refractivity contribution in [2.45, 2.75) is 12.8 Å². The summed E-state index contributed by atoms with van der Waals surface area (Å²) in [7, 11) is 0. The summed E-state index contributed by atoms with van der Waals surface area (Å²) in [4.78, 5) is 21.7. The average molecular weight is 437 g/mol. The zero-order valence-electron chi connectivity index (χ0n) is 14.0. The molecule has 2 heterocycles. The summed E-state index contributed by atoms with van der Waals surface area (Å²) < 4.78 is 31.1. The van der Waals surface area contributed by atoms with Crippen molar-refractivity contribution in [3.05, 3.63) is 58.5 Å². The van der Waals surface area contributed by atoms with Gasteiger partial charge < -0.3 is 9.72 Å². The van der Waals surface area contributed by atoms with Crippen LogP contribution >= 0.6 is 15.9 Å². The molecule has 0 spiro atoms. The van der Waals surface area contributed by atoms with Gasteiger partial charge in [0.15, 0.2) is 11.5 Å². The fraction of sp³-hybridized carbons (Fsp3) is 0.222. The van der Waals surface area contributed by atoms with E-state index in [4.69, 9.17) is 4.84 Å². The molecule has 140 valence electrons. The van der Waals surface area contributed by atoms with E-state index in [9.17, 15) is 13.6 Å². The maximum absolute atomic E-state index is 15.0. The molecule has 0 radical (unpaired) electrons. The number of nitrogens with one attached hydrogen (secondary N) is 2. The summed E-state index contributed by atoms with van der Waals surface area (Å²) in [5.74, 6) is -1.54. The number of amides is 1. The molecule has 1 fully saturated rings. The van der Waals surface area contributed by atoms with E-state index in [0.717, 1.165) is 12.8 Å². The Morgan fingerprint density at radius 3 is 2.93 bits per heavy atom. The van der Waals surface area contributed by atoms with Gasteiger partial charge in [0.1, 0.15) is 5.82 Å². The van der Waals surface area contributed by atoms with E-state index in [-0.39, 0.29) is 22.6 Å². The number of imidazole rings is 1. The van der Waals surface area contributed by atoms with Crippen molar-refractivity contribution in [2.75, 3.05) is 11.9 Å². The van der Waals surface area contributed by atoms with Gasteiger partial charge in [0.25, 0.3) is 5.91 Å². The molecule has 0 atom stereocenters. The zero-order valence-corrected chi connectivity index (χ0v) is 15.6. The van der Waals surface area contributed by atoms with Crippen LogP contribution in [-0.2, 0) is 4.84 Å². The largest absolute Gasteiger partial charge is 0.350 e. The van der Waals surface area contributed by atoms with Gasteiger partial charge in [0.2, 0.25) is 0 Å². The first-order valence-corrected chi connectivity index (χ1v) is 9.11. The van der Waals surface area contributed by atoms with E-state index >= 15 is 0 Å². The molecule has 4 rings (SSSR count). The van der Waals surface area contributed by atoms with Crippen molar-refractivity contribution in [2.24, 2.45) is 5.92 Å². The number of anilines is 2. The van der Waals surface area contributed by atoms with Crippen LogP contribution in [-0.4, -0.2) is 21.9 Å². The van der Waals surface area contributed by atoms with E-state index in [1.807, 2.05) is 0 Å². The van der Waals surface area contributed by atoms with Gasteiger partial charge in [0.05, 0.1) is 23.5 Å². The zero-order chi connectivity index (χ0) is 19.0. The third-order valence-electron chi connectivity index (χ3n) is 4.24. The first kappa shape index (κ1) is 17.9. The van der Waals surface area contributed by atoms with Gasteiger partial charge in [-0.25, -0.2) is 19.2 Å². The van der Waals surface area contributed by atoms with Crippen molar-refractivity contribution in [1.29, 1.82) is 0 Å². The predicted octanol–water partition coefficient (Wildman–Crippen LogP) is 4.19. The SMILES string of the molecule is O=C(NOCC1CC1)c1cn2ccnc2c(F)c1Nc1ccc(Br)cc1F. The molecular formula is C18H15BrF2N4O2. The summed E-state index contributed by atoms with van der Waals surface area (Å²) >= 11 is 3.17. The molecule has 1 aliphatic rings. The van der Waals surface area contributed by atoms with Gasteiger partial charge in [-0.05, 0) is 37.0 Å². The molecule has 6 nitrogen and oxygen atoms in total. The van der Waals surface area contributed by atoms with Crippen LogP contribution in [0.4, 0.5) is 20.2 Å². The van der Waals surface area contributed by atoms with Crippen molar-refractivity contribution in [3.63, 3.8) is 0 Å². The van der Waals surface area contributed by atoms with Crippen LogP contribution in [0, 0.1) is 17.6 Å². The summed E-state index contributed by atoms with van der Waals surface area (Å²) in [6.07, 6.45) is 6.49. The molecule has 1 aliphatic carbocycles. The van der Waals surface area contributed by atoms with Gasteiger partial charge in [-0.2, -0.15) is 0 Å². The first-order valence-electron chi connectivity index (χ1n) is 8.32. The summed E-state index contributed by atoms with van der Waals surface area (Å²) in [5, 5.41) is 2.67. The second-order valence-corrected chi connectivity index (χ2v) is 7.24. The summed E-state index contributed by atoms with van der Waals surface area (Å²) in [5.41, 5.74) is 2.16. The van der Waals surface area contributed by atoms with Crippen molar-refractivity contribution in [3.8, 4) is 0 Å². The second-order valence-electron chi connectivity index (χ2n) is 6.32. The second kappa shape index (κ2) is 7.24. The highest BCUT2D eigenvalue weighted by atomic mass is 79.9. The lowest BCUT2D eigenvalue weighted by Gasteiger charge is -2.15. The molecule has 0 saturated heterocycles. The number of hydroxylamine groups is 1. The van der Waals surface area contributed by atoms with Gasteiger partial charge in [-0.15, -0.1) is 0 Å². The maximum atomic E-state index is 15.0. The molecule has 2 aromatic heterocycles. The Morgan fingerprint density at radius 1 is 1.37 bits per heavy atom. The van der Waals surface area contributed by atoms with Gasteiger partial charge >= 0.3 is 0 Å². The standard InChI is InChI=1S/C18H15BrF2N4O2/c19-11-3-4-14(13(20)7-11)23-16-12(18(26)24-27-9-10-1-2-10)8-25-6-5-22-17(25)15(16)21/h3-8,10,23H,1-2,9H2,(H,24,26). The number of rotatable bonds is 6. The highest BCUT2D eigenvalue weighted by Gasteiger charge is 2.24. The average Bonchev–Trinajstić information content (AvgIpc) is 3.33. The Labute approximate surface area is 161 Å². The molecule has 1 saturated carbocycles. The third-order valence-corrected chi connectivity index (χ3v) is 4.73. The maximum Gasteiger partial charge on any atom is 0.278 e. The van der Waals surface area contributed by atoms with E-state index in [2.05, 4.69) is 31.7 Å². The topological polar surface area (TPSA) is 67.7 Å². The van der Waals surface area contributed by atoms with Gasteiger partial charge in [-0.1, -0.05) is 15.9 Å². The van der Waals surface area contributed by atoms with Crippen LogP contribution in [0.2, 0.25) is 0 Å². The van der Waals surface area contributed by atoms with Crippen molar-refractivity contribution in [1.82, 2.24) is 14.9 Å². The number of aromatic nitrogens is 2. The molecule has 1 aromatic carbocycles. The minimum absolute atomic E-state index is 0.0190. The quantitative estimate of drug-likeness (QED) is 0.568. The monoisotopic (exact) mass is 436 g/mol. The molecule has 2 N–H and O–H groups in total. The first-order chi connectivity index (χ1) is 13.0. The number of benzene rings is 1. The third kappa shape index (κ3) is 3.79. The smallest absolute Gasteiger partial charge is 0.278 e. The van der Waals surface area contributed by atoms with Gasteiger partial charge in [-0.3, -0.25) is 9.63 Å². The Morgan fingerprint density at radius 2 is 2.19 bits per heavy atom. The van der Waals surface area contributed by atoms with Crippen LogP contribution in [0.25, 0.3) is 5.65 Å². The number of fused-ring (bicyclic) bond motifs is 1. The molecule has 1 amide bonds. The van der Waals surface area contributed by atoms with E-state index in [1.54, 1.807) is 6.07 Å². The molecule has 9 heteroatoms. The Balaban J connectivity index is 1.69. The number of halogens is 3. The highest BCUT2D eigenvalue weighted by Crippen LogP contribution is 2.30. The molecule has 0 bridgehead atoms. The van der Waals surface area contributed by atoms with E-state index in [0.29, 0.717) is 17.0 Å². The van der Waals surface area contributed by atoms with Gasteiger partial charge in [0, 0.05) is 23.1 Å². The fourth-order valence-corrected chi connectivity index (χ4v) is 2.94. The van der Waals surface area contributed by atoms with Crippen LogP contribution in [0.1, 0.15) is 23.2 Å². The van der Waals surface area contributed by atoms with Crippen LogP contribution < -0.4 is 10.8 Å². The summed E-state index contributed by atoms with van der Waals surface area (Å²) in [6.45, 7) is 0.408. The van der Waals surface area contributed by atoms with Crippen LogP contribution in [0.3, 0.4) is 0 Å². The molecule has 27 heavy (non-hydrogen) atoms. The van der Waals surface area contributed by atoms with E-state index < -0.39 is 17.5 Å². The number of hydrogen-bond donors (Lipinski definition) is 2. The lowest BCUT2D eigenvalue weighted by molar-refractivity contribution is 0.0270. The molecule has 0 unspecified atom stereocenters. The fourth-order valence-electron chi connectivity index (χ4n) is 2.61. The van der Waals surface area contributed by atoms with Crippen molar-refractivity contribution < 1.29 is 18.4 Å². The number of hydrogen-bond acceptors (Lipinski definition) is 4. The summed E-state index contributed by atoms with van der Waals surface area (Å²) in [6, 6.07) is 4.29. The lowest BCUT2D eigenvalue weighted by Crippen LogP contribution is -2.26. The molecule has 3 aromatic rings. The van der Waals surface area contributed by atoms with E-state index in [1.165, 1.54) is 35.1 Å². The molecular weight excluding hydrogens is 422 g/mol. The predicted molar refractivity (Wildman–Crippen MR) is 98.7 cm³/mol. The van der Waals surface area contributed by atoms with Crippen LogP contribution in [0.15, 0.2) is 41.3 Å². The highest BCUT2D eigenvalue weighted by molar-refractivity contribution is 9.10. The van der Waals surface area contributed by atoms with Crippen LogP contribution in [0.5, 0.6) is 0 Å². The number of nitrogens with zero attached hydrogens (tertiary/aromatic N) is 2. The molecule has 0 aliphatic heterocycles. The Bertz CT molecular complexity index is 1020. The minimum atomic E-state index is -0.767. The normalized spacial score (nSPS) is 13.7. The number of carbonyl (C=O) groups excluding carboxylic acids is 1. The lowest BCUT2D eigenvalue weighted by atomic mass is 10.2.